The Balaban J connectivity index is 2.58. The zero-order valence-electron chi connectivity index (χ0n) is 9.24. The minimum atomic E-state index is -0.815. The number of hydrogen-bond acceptors (Lipinski definition) is 3. The molecule has 0 saturated heterocycles. The van der Waals surface area contributed by atoms with E-state index in [1.54, 1.807) is 13.8 Å². The molecule has 0 unspecified atom stereocenters. The second-order valence-electron chi connectivity index (χ2n) is 4.50. The smallest absolute Gasteiger partial charge is 0.201 e. The van der Waals surface area contributed by atoms with Crippen LogP contribution in [-0.2, 0) is 6.54 Å². The van der Waals surface area contributed by atoms with E-state index in [1.807, 2.05) is 22.8 Å². The summed E-state index contributed by atoms with van der Waals surface area (Å²) < 4.78 is 2.79. The standard InChI is InChI=1S/C11H14BrN3O/c1-11(2,16)6-15-9-5-7(12)3-4-8(9)14-10(15)13/h3-5,16H,6H2,1-2H3,(H2,13,14). The lowest BCUT2D eigenvalue weighted by Crippen LogP contribution is -2.26. The number of nitrogens with zero attached hydrogens (tertiary/aromatic N) is 2. The van der Waals surface area contributed by atoms with Crippen LogP contribution in [0.15, 0.2) is 22.7 Å². The van der Waals surface area contributed by atoms with Crippen LogP contribution in [0, 0.1) is 0 Å². The molecule has 3 N–H and O–H groups in total. The second kappa shape index (κ2) is 3.75. The fourth-order valence-electron chi connectivity index (χ4n) is 1.67. The van der Waals surface area contributed by atoms with Crippen molar-refractivity contribution in [1.82, 2.24) is 9.55 Å². The van der Waals surface area contributed by atoms with E-state index in [0.717, 1.165) is 15.5 Å². The quantitative estimate of drug-likeness (QED) is 0.888. The van der Waals surface area contributed by atoms with Crippen molar-refractivity contribution in [3.8, 4) is 0 Å². The Bertz CT molecular complexity index is 528. The van der Waals surface area contributed by atoms with E-state index in [1.165, 1.54) is 0 Å². The van der Waals surface area contributed by atoms with Gasteiger partial charge in [-0.15, -0.1) is 0 Å². The summed E-state index contributed by atoms with van der Waals surface area (Å²) in [6.45, 7) is 3.91. The number of nitrogen functional groups attached to an aromatic ring is 1. The minimum Gasteiger partial charge on any atom is -0.389 e. The van der Waals surface area contributed by atoms with Crippen LogP contribution in [0.25, 0.3) is 11.0 Å². The summed E-state index contributed by atoms with van der Waals surface area (Å²) in [5.74, 6) is 0.426. The molecule has 0 amide bonds. The molecule has 0 aliphatic heterocycles. The largest absolute Gasteiger partial charge is 0.389 e. The van der Waals surface area contributed by atoms with Crippen molar-refractivity contribution in [1.29, 1.82) is 0 Å². The van der Waals surface area contributed by atoms with Crippen molar-refractivity contribution in [2.24, 2.45) is 0 Å². The Hall–Kier alpha value is -1.07. The highest BCUT2D eigenvalue weighted by atomic mass is 79.9. The van der Waals surface area contributed by atoms with Gasteiger partial charge in [0.05, 0.1) is 23.2 Å². The molecule has 5 heteroatoms. The molecule has 1 aromatic heterocycles. The Morgan fingerprint density at radius 2 is 2.19 bits per heavy atom. The van der Waals surface area contributed by atoms with Crippen molar-refractivity contribution < 1.29 is 5.11 Å². The number of imidazole rings is 1. The normalized spacial score (nSPS) is 12.2. The molecule has 0 radical (unpaired) electrons. The number of benzene rings is 1. The number of rotatable bonds is 2. The number of fused-ring (bicyclic) bond motifs is 1. The van der Waals surface area contributed by atoms with Crippen molar-refractivity contribution in [2.75, 3.05) is 5.73 Å². The SMILES string of the molecule is CC(C)(O)Cn1c(N)nc2ccc(Br)cc21. The maximum atomic E-state index is 9.83. The van der Waals surface area contributed by atoms with Crippen molar-refractivity contribution in [2.45, 2.75) is 26.0 Å². The van der Waals surface area contributed by atoms with Crippen LogP contribution in [0.2, 0.25) is 0 Å². The summed E-state index contributed by atoms with van der Waals surface area (Å²) in [6, 6.07) is 5.77. The zero-order valence-corrected chi connectivity index (χ0v) is 10.8. The molecule has 1 heterocycles. The van der Waals surface area contributed by atoms with Gasteiger partial charge in [-0.1, -0.05) is 15.9 Å². The molecule has 16 heavy (non-hydrogen) atoms. The Kier molecular flexibility index (Phi) is 2.67. The third kappa shape index (κ3) is 2.20. The molecule has 2 aromatic rings. The maximum absolute atomic E-state index is 9.83. The molecule has 0 saturated carbocycles. The van der Waals surface area contributed by atoms with Gasteiger partial charge in [0, 0.05) is 4.47 Å². The third-order valence-electron chi connectivity index (χ3n) is 2.28. The number of hydrogen-bond donors (Lipinski definition) is 2. The Labute approximate surface area is 102 Å². The lowest BCUT2D eigenvalue weighted by Gasteiger charge is -2.19. The zero-order chi connectivity index (χ0) is 11.9. The van der Waals surface area contributed by atoms with Gasteiger partial charge in [0.15, 0.2) is 0 Å². The van der Waals surface area contributed by atoms with Gasteiger partial charge < -0.3 is 15.4 Å². The average molecular weight is 284 g/mol. The highest BCUT2D eigenvalue weighted by Crippen LogP contribution is 2.23. The van der Waals surface area contributed by atoms with Crippen LogP contribution in [0.4, 0.5) is 5.95 Å². The van der Waals surface area contributed by atoms with E-state index in [4.69, 9.17) is 5.73 Å². The first-order valence-electron chi connectivity index (χ1n) is 5.00. The molecular weight excluding hydrogens is 270 g/mol. The molecule has 86 valence electrons. The van der Waals surface area contributed by atoms with Crippen LogP contribution in [-0.4, -0.2) is 20.3 Å². The van der Waals surface area contributed by atoms with Crippen molar-refractivity contribution in [3.63, 3.8) is 0 Å². The average Bonchev–Trinajstić information content (AvgIpc) is 2.42. The van der Waals surface area contributed by atoms with Gasteiger partial charge in [-0.05, 0) is 32.0 Å². The number of aromatic nitrogens is 2. The van der Waals surface area contributed by atoms with E-state index in [-0.39, 0.29) is 0 Å². The fraction of sp³-hybridized carbons (Fsp3) is 0.364. The molecular formula is C11H14BrN3O. The molecule has 0 aliphatic carbocycles. The predicted molar refractivity (Wildman–Crippen MR) is 68.1 cm³/mol. The van der Waals surface area contributed by atoms with Gasteiger partial charge in [0.25, 0.3) is 0 Å². The number of anilines is 1. The lowest BCUT2D eigenvalue weighted by atomic mass is 10.1. The summed E-state index contributed by atoms with van der Waals surface area (Å²) in [5.41, 5.74) is 6.78. The van der Waals surface area contributed by atoms with Crippen LogP contribution >= 0.6 is 15.9 Å². The molecule has 4 nitrogen and oxygen atoms in total. The first-order valence-corrected chi connectivity index (χ1v) is 5.80. The van der Waals surface area contributed by atoms with Gasteiger partial charge in [-0.2, -0.15) is 0 Å². The monoisotopic (exact) mass is 283 g/mol. The van der Waals surface area contributed by atoms with Crippen LogP contribution in [0.1, 0.15) is 13.8 Å². The molecule has 0 spiro atoms. The second-order valence-corrected chi connectivity index (χ2v) is 5.42. The molecule has 0 aliphatic rings. The summed E-state index contributed by atoms with van der Waals surface area (Å²) in [6.07, 6.45) is 0. The van der Waals surface area contributed by atoms with Gasteiger partial charge in [0.2, 0.25) is 5.95 Å². The molecule has 0 fully saturated rings. The van der Waals surface area contributed by atoms with Gasteiger partial charge in [0.1, 0.15) is 0 Å². The summed E-state index contributed by atoms with van der Waals surface area (Å²) in [4.78, 5) is 4.25. The fourth-order valence-corrected chi connectivity index (χ4v) is 2.02. The van der Waals surface area contributed by atoms with E-state index < -0.39 is 5.60 Å². The first-order chi connectivity index (χ1) is 7.37. The molecule has 1 aromatic carbocycles. The maximum Gasteiger partial charge on any atom is 0.201 e. The highest BCUT2D eigenvalue weighted by Gasteiger charge is 2.17. The number of halogens is 1. The predicted octanol–water partition coefficient (Wildman–Crippen LogP) is 2.15. The first kappa shape index (κ1) is 11.4. The van der Waals surface area contributed by atoms with Gasteiger partial charge in [-0.25, -0.2) is 4.98 Å². The van der Waals surface area contributed by atoms with Crippen LogP contribution in [0.5, 0.6) is 0 Å². The molecule has 2 rings (SSSR count). The topological polar surface area (TPSA) is 64.1 Å². The molecule has 0 bridgehead atoms. The van der Waals surface area contributed by atoms with E-state index in [9.17, 15) is 5.11 Å². The Morgan fingerprint density at radius 3 is 2.81 bits per heavy atom. The van der Waals surface area contributed by atoms with Gasteiger partial charge >= 0.3 is 0 Å². The summed E-state index contributed by atoms with van der Waals surface area (Å²) >= 11 is 3.41. The van der Waals surface area contributed by atoms with Crippen LogP contribution < -0.4 is 5.73 Å². The van der Waals surface area contributed by atoms with Crippen molar-refractivity contribution in [3.05, 3.63) is 22.7 Å². The van der Waals surface area contributed by atoms with E-state index >= 15 is 0 Å². The molecule has 0 atom stereocenters. The summed E-state index contributed by atoms with van der Waals surface area (Å²) in [7, 11) is 0. The lowest BCUT2D eigenvalue weighted by molar-refractivity contribution is 0.0633. The minimum absolute atomic E-state index is 0.422. The van der Waals surface area contributed by atoms with Crippen LogP contribution in [0.3, 0.4) is 0 Å². The Morgan fingerprint density at radius 1 is 1.50 bits per heavy atom. The summed E-state index contributed by atoms with van der Waals surface area (Å²) in [5, 5.41) is 9.83. The van der Waals surface area contributed by atoms with E-state index in [0.29, 0.717) is 12.5 Å². The third-order valence-corrected chi connectivity index (χ3v) is 2.78. The van der Waals surface area contributed by atoms with Gasteiger partial charge in [-0.3, -0.25) is 0 Å². The number of nitrogens with two attached hydrogens (primary N) is 1. The van der Waals surface area contributed by atoms with Crippen molar-refractivity contribution >= 4 is 32.9 Å². The number of aliphatic hydroxyl groups is 1. The highest BCUT2D eigenvalue weighted by molar-refractivity contribution is 9.10. The van der Waals surface area contributed by atoms with E-state index in [2.05, 4.69) is 20.9 Å².